The average Bonchev–Trinajstić information content (AvgIpc) is 3.88. The van der Waals surface area contributed by atoms with E-state index in [0.29, 0.717) is 0 Å². The Bertz CT molecular complexity index is 961. The third kappa shape index (κ3) is 42.5. The van der Waals surface area contributed by atoms with Gasteiger partial charge >= 0.3 is 0 Å². The zero-order valence-electron chi connectivity index (χ0n) is 48.8. The largest absolute Gasteiger partial charge is 0.377 e. The van der Waals surface area contributed by atoms with E-state index in [9.17, 15) is 0 Å². The molecule has 0 aromatic heterocycles. The second-order valence-corrected chi connectivity index (χ2v) is 26.0. The van der Waals surface area contributed by atoms with Crippen LogP contribution in [0.5, 0.6) is 0 Å². The van der Waals surface area contributed by atoms with Gasteiger partial charge in [-0.3, -0.25) is 0 Å². The Balaban J connectivity index is -0.000000716. The molecule has 0 unspecified atom stereocenters. The van der Waals surface area contributed by atoms with Gasteiger partial charge in [-0.2, -0.15) is 0 Å². The second-order valence-electron chi connectivity index (χ2n) is 26.0. The van der Waals surface area contributed by atoms with Gasteiger partial charge in [0.15, 0.2) is 0 Å². The van der Waals surface area contributed by atoms with Crippen molar-refractivity contribution in [1.82, 2.24) is 14.7 Å². The van der Waals surface area contributed by atoms with Crippen LogP contribution >= 0.6 is 0 Å². The van der Waals surface area contributed by atoms with Gasteiger partial charge in [-0.25, -0.2) is 0 Å². The van der Waals surface area contributed by atoms with E-state index in [2.05, 4.69) is 195 Å². The molecular formula is C58H127N5+2. The smallest absolute Gasteiger partial charge is 0.0831 e. The lowest BCUT2D eigenvalue weighted by molar-refractivity contribution is -0.935. The second kappa shape index (κ2) is 36.4. The fourth-order valence-electron chi connectivity index (χ4n) is 9.64. The summed E-state index contributed by atoms with van der Waals surface area (Å²) in [6.45, 7) is 73.4. The van der Waals surface area contributed by atoms with E-state index in [4.69, 9.17) is 0 Å². The summed E-state index contributed by atoms with van der Waals surface area (Å²) in [5, 5.41) is 0. The molecule has 0 saturated heterocycles. The molecule has 2 fully saturated rings. The van der Waals surface area contributed by atoms with E-state index < -0.39 is 0 Å². The van der Waals surface area contributed by atoms with E-state index in [1.165, 1.54) is 113 Å². The molecule has 0 aromatic carbocycles. The molecule has 2 saturated carbocycles. The van der Waals surface area contributed by atoms with Gasteiger partial charge < -0.3 is 23.7 Å². The molecule has 0 radical (unpaired) electrons. The van der Waals surface area contributed by atoms with Crippen LogP contribution in [0.2, 0.25) is 0 Å². The Morgan fingerprint density at radius 1 is 0.429 bits per heavy atom. The molecule has 0 aromatic rings. The molecule has 63 heavy (non-hydrogen) atoms. The van der Waals surface area contributed by atoms with Crippen molar-refractivity contribution in [3.05, 3.63) is 12.8 Å². The van der Waals surface area contributed by atoms with E-state index in [-0.39, 0.29) is 0 Å². The van der Waals surface area contributed by atoms with Crippen molar-refractivity contribution >= 4 is 0 Å². The average molecular weight is 895 g/mol. The minimum Gasteiger partial charge on any atom is -0.377 e. The Morgan fingerprint density at radius 2 is 0.714 bits per heavy atom. The Kier molecular flexibility index (Phi) is 38.5. The zero-order chi connectivity index (χ0) is 49.7. The maximum atomic E-state index is 3.79. The first kappa shape index (κ1) is 66.7. The third-order valence-corrected chi connectivity index (χ3v) is 12.1. The molecule has 2 aliphatic rings. The fraction of sp³-hybridized carbons (Fsp3) is 0.966. The van der Waals surface area contributed by atoms with Crippen molar-refractivity contribution in [3.63, 3.8) is 0 Å². The summed E-state index contributed by atoms with van der Waals surface area (Å²) >= 11 is 0. The molecule has 0 aliphatic heterocycles. The zero-order valence-corrected chi connectivity index (χ0v) is 48.8. The van der Waals surface area contributed by atoms with Gasteiger partial charge in [0.25, 0.3) is 0 Å². The highest BCUT2D eigenvalue weighted by Crippen LogP contribution is 2.30. The van der Waals surface area contributed by atoms with Crippen LogP contribution < -0.4 is 0 Å². The SMILES string of the molecule is C=CN(CC(C)C)CC(C)C.CC(C)CN(CC(C)C)CC1CC1.CC(C)CN(CC(C)C)CC1CCC1.CC(C)C[N+](C)(CC(C)C)C(C)C.CC[N+](C)(CC(C)C)CC(C)C. The molecule has 2 rings (SSSR count). The van der Waals surface area contributed by atoms with Crippen LogP contribution in [0.3, 0.4) is 0 Å². The molecule has 5 nitrogen and oxygen atoms in total. The highest BCUT2D eigenvalue weighted by molar-refractivity contribution is 4.78. The van der Waals surface area contributed by atoms with Crippen molar-refractivity contribution in [2.75, 3.05) is 99.2 Å². The minimum atomic E-state index is 0.728. The highest BCUT2D eigenvalue weighted by atomic mass is 15.4. The van der Waals surface area contributed by atoms with E-state index >= 15 is 0 Å². The molecule has 5 heteroatoms. The number of rotatable bonds is 27. The fourth-order valence-corrected chi connectivity index (χ4v) is 9.64. The number of nitrogens with zero attached hydrogens (tertiary/aromatic N) is 5. The lowest BCUT2D eigenvalue weighted by Crippen LogP contribution is -2.53. The van der Waals surface area contributed by atoms with Gasteiger partial charge in [-0.05, 0) is 100.0 Å². The molecule has 0 N–H and O–H groups in total. The van der Waals surface area contributed by atoms with Crippen LogP contribution in [0.25, 0.3) is 0 Å². The molecule has 0 amide bonds. The monoisotopic (exact) mass is 894 g/mol. The van der Waals surface area contributed by atoms with Crippen LogP contribution in [-0.2, 0) is 0 Å². The van der Waals surface area contributed by atoms with E-state index in [0.717, 1.165) is 90.1 Å². The highest BCUT2D eigenvalue weighted by Gasteiger charge is 2.28. The van der Waals surface area contributed by atoms with Gasteiger partial charge in [0.1, 0.15) is 0 Å². The minimum absolute atomic E-state index is 0.728. The van der Waals surface area contributed by atoms with Crippen LogP contribution in [0.1, 0.15) is 191 Å². The summed E-state index contributed by atoms with van der Waals surface area (Å²) in [6.07, 6.45) is 9.33. The van der Waals surface area contributed by atoms with Gasteiger partial charge in [-0.15, -0.1) is 0 Å². The lowest BCUT2D eigenvalue weighted by Gasteiger charge is -2.41. The van der Waals surface area contributed by atoms with Gasteiger partial charge in [0.2, 0.25) is 0 Å². The quantitative estimate of drug-likeness (QED) is 0.0761. The number of quaternary nitrogens is 2. The van der Waals surface area contributed by atoms with Gasteiger partial charge in [0, 0.05) is 76.0 Å². The molecule has 0 bridgehead atoms. The van der Waals surface area contributed by atoms with Crippen LogP contribution in [0.4, 0.5) is 0 Å². The number of hydrogen-bond acceptors (Lipinski definition) is 3. The first-order valence-corrected chi connectivity index (χ1v) is 27.4. The predicted molar refractivity (Wildman–Crippen MR) is 291 cm³/mol. The van der Waals surface area contributed by atoms with E-state index in [1.54, 1.807) is 0 Å². The topological polar surface area (TPSA) is 9.72 Å². The first-order chi connectivity index (χ1) is 28.9. The third-order valence-electron chi connectivity index (χ3n) is 12.1. The Morgan fingerprint density at radius 3 is 0.889 bits per heavy atom. The predicted octanol–water partition coefficient (Wildman–Crippen LogP) is 15.1. The molecule has 0 heterocycles. The Labute approximate surface area is 402 Å². The summed E-state index contributed by atoms with van der Waals surface area (Å²) in [5.41, 5.74) is 0. The molecule has 382 valence electrons. The van der Waals surface area contributed by atoms with Crippen LogP contribution in [0, 0.1) is 71.0 Å². The summed E-state index contributed by atoms with van der Waals surface area (Å²) in [7, 11) is 4.77. The normalized spacial score (nSPS) is 14.8. The lowest BCUT2D eigenvalue weighted by atomic mass is 9.85. The van der Waals surface area contributed by atoms with Crippen molar-refractivity contribution in [1.29, 1.82) is 0 Å². The van der Waals surface area contributed by atoms with Crippen LogP contribution in [-0.4, -0.2) is 129 Å². The van der Waals surface area contributed by atoms with Crippen molar-refractivity contribution in [2.24, 2.45) is 71.0 Å². The van der Waals surface area contributed by atoms with Crippen molar-refractivity contribution in [3.8, 4) is 0 Å². The maximum Gasteiger partial charge on any atom is 0.0831 e. The Hall–Kier alpha value is -0.620. The summed E-state index contributed by atoms with van der Waals surface area (Å²) < 4.78 is 2.45. The van der Waals surface area contributed by atoms with Gasteiger partial charge in [0.05, 0.1) is 52.9 Å². The van der Waals surface area contributed by atoms with Crippen LogP contribution in [0.15, 0.2) is 12.8 Å². The summed E-state index contributed by atoms with van der Waals surface area (Å²) in [6, 6.07) is 0.741. The molecular weight excluding hydrogens is 767 g/mol. The van der Waals surface area contributed by atoms with Gasteiger partial charge in [-0.1, -0.05) is 151 Å². The molecule has 2 aliphatic carbocycles. The first-order valence-electron chi connectivity index (χ1n) is 27.4. The van der Waals surface area contributed by atoms with E-state index in [1.807, 2.05) is 6.20 Å². The number of hydrogen-bond donors (Lipinski definition) is 0. The maximum absolute atomic E-state index is 3.79. The molecule has 0 spiro atoms. The summed E-state index contributed by atoms with van der Waals surface area (Å²) in [5.74, 6) is 10.0. The molecule has 0 atom stereocenters. The summed E-state index contributed by atoms with van der Waals surface area (Å²) in [4.78, 5) is 7.63. The van der Waals surface area contributed by atoms with Crippen molar-refractivity contribution < 1.29 is 8.97 Å². The standard InChI is InChI=1S/C13H27N.C12H25N.C12H28N.C11H26N.C10H21N/c1-11(2)8-14(9-12(3)4)10-13-6-5-7-13;1-10(2)7-13(8-11(3)4)9-12-5-6-12;1-10(2)8-13(7,12(5)6)9-11(3)4;1-7-12(6,8-10(2)3)9-11(4)5;1-6-11(7-9(2)3)8-10(4)5/h11-13H,5-10H2,1-4H3;10-12H,5-9H2,1-4H3;10-12H,8-9H2,1-7H3;10-11H,7-9H2,1-6H3;6,9-10H,1,7-8H2,2-5H3/q;;2*+1;. The van der Waals surface area contributed by atoms with Crippen molar-refractivity contribution in [2.45, 2.75) is 197 Å².